The molecule has 1 heterocycles. The molecule has 2 aromatic rings. The van der Waals surface area contributed by atoms with Crippen LogP contribution in [0.25, 0.3) is 0 Å². The largest absolute Gasteiger partial charge is 0.384 e. The minimum absolute atomic E-state index is 0.0872. The van der Waals surface area contributed by atoms with Gasteiger partial charge in [0.15, 0.2) is 0 Å². The van der Waals surface area contributed by atoms with Crippen LogP contribution in [0.1, 0.15) is 26.3 Å². The van der Waals surface area contributed by atoms with Crippen LogP contribution in [-0.4, -0.2) is 4.98 Å². The number of hydrogen-bond donors (Lipinski definition) is 2. The standard InChI is InChI=1S/C15H19N3/c1-15(2,3)11-7-4-5-8-12(11)17-14-10-6-9-13(16)18-14/h4-10H,1-3H3,(H3,16,17,18). The van der Waals surface area contributed by atoms with Crippen LogP contribution in [-0.2, 0) is 5.41 Å². The van der Waals surface area contributed by atoms with Crippen molar-refractivity contribution in [1.29, 1.82) is 0 Å². The maximum atomic E-state index is 5.68. The lowest BCUT2D eigenvalue weighted by molar-refractivity contribution is 0.592. The number of nitrogens with zero attached hydrogens (tertiary/aromatic N) is 1. The van der Waals surface area contributed by atoms with E-state index >= 15 is 0 Å². The number of para-hydroxylation sites is 1. The Labute approximate surface area is 108 Å². The van der Waals surface area contributed by atoms with E-state index < -0.39 is 0 Å². The van der Waals surface area contributed by atoms with Gasteiger partial charge in [-0.3, -0.25) is 0 Å². The van der Waals surface area contributed by atoms with Crippen molar-refractivity contribution in [1.82, 2.24) is 4.98 Å². The van der Waals surface area contributed by atoms with Gasteiger partial charge in [0.05, 0.1) is 0 Å². The Hall–Kier alpha value is -2.03. The minimum atomic E-state index is 0.0872. The monoisotopic (exact) mass is 241 g/mol. The van der Waals surface area contributed by atoms with Crippen LogP contribution in [0.5, 0.6) is 0 Å². The molecule has 0 amide bonds. The molecule has 0 aliphatic heterocycles. The van der Waals surface area contributed by atoms with E-state index in [2.05, 4.69) is 49.3 Å². The van der Waals surface area contributed by atoms with Crippen molar-refractivity contribution in [3.05, 3.63) is 48.0 Å². The Morgan fingerprint density at radius 2 is 1.72 bits per heavy atom. The van der Waals surface area contributed by atoms with Gasteiger partial charge < -0.3 is 11.1 Å². The number of pyridine rings is 1. The maximum absolute atomic E-state index is 5.68. The van der Waals surface area contributed by atoms with Crippen molar-refractivity contribution in [3.63, 3.8) is 0 Å². The first-order valence-corrected chi connectivity index (χ1v) is 6.06. The smallest absolute Gasteiger partial charge is 0.132 e. The Kier molecular flexibility index (Phi) is 3.24. The second kappa shape index (κ2) is 4.69. The van der Waals surface area contributed by atoms with Gasteiger partial charge in [-0.05, 0) is 29.2 Å². The number of nitrogen functional groups attached to an aromatic ring is 1. The van der Waals surface area contributed by atoms with Crippen LogP contribution in [0.2, 0.25) is 0 Å². The van der Waals surface area contributed by atoms with Crippen LogP contribution < -0.4 is 11.1 Å². The van der Waals surface area contributed by atoms with Crippen molar-refractivity contribution >= 4 is 17.3 Å². The molecule has 0 saturated carbocycles. The van der Waals surface area contributed by atoms with Gasteiger partial charge in [-0.2, -0.15) is 0 Å². The molecule has 1 aromatic heterocycles. The summed E-state index contributed by atoms with van der Waals surface area (Å²) < 4.78 is 0. The average molecular weight is 241 g/mol. The van der Waals surface area contributed by atoms with Gasteiger partial charge >= 0.3 is 0 Å². The highest BCUT2D eigenvalue weighted by Crippen LogP contribution is 2.30. The van der Waals surface area contributed by atoms with Crippen molar-refractivity contribution in [2.24, 2.45) is 0 Å². The summed E-state index contributed by atoms with van der Waals surface area (Å²) in [6.45, 7) is 6.58. The third-order valence-electron chi connectivity index (χ3n) is 2.77. The molecule has 0 aliphatic carbocycles. The summed E-state index contributed by atoms with van der Waals surface area (Å²) in [5.74, 6) is 1.29. The fraction of sp³-hybridized carbons (Fsp3) is 0.267. The summed E-state index contributed by atoms with van der Waals surface area (Å²) >= 11 is 0. The molecule has 0 unspecified atom stereocenters. The molecule has 0 radical (unpaired) electrons. The zero-order valence-corrected chi connectivity index (χ0v) is 11.1. The third-order valence-corrected chi connectivity index (χ3v) is 2.77. The van der Waals surface area contributed by atoms with Crippen molar-refractivity contribution < 1.29 is 0 Å². The van der Waals surface area contributed by atoms with E-state index in [0.29, 0.717) is 5.82 Å². The molecule has 94 valence electrons. The van der Waals surface area contributed by atoms with E-state index in [-0.39, 0.29) is 5.41 Å². The number of hydrogen-bond acceptors (Lipinski definition) is 3. The zero-order chi connectivity index (χ0) is 13.2. The van der Waals surface area contributed by atoms with E-state index in [9.17, 15) is 0 Å². The Morgan fingerprint density at radius 1 is 1.00 bits per heavy atom. The molecule has 2 rings (SSSR count). The number of nitrogens with one attached hydrogen (secondary N) is 1. The molecule has 0 saturated heterocycles. The molecular formula is C15H19N3. The molecule has 0 bridgehead atoms. The number of anilines is 3. The molecule has 0 spiro atoms. The summed E-state index contributed by atoms with van der Waals surface area (Å²) in [6.07, 6.45) is 0. The second-order valence-corrected chi connectivity index (χ2v) is 5.37. The molecule has 18 heavy (non-hydrogen) atoms. The predicted molar refractivity (Wildman–Crippen MR) is 77.1 cm³/mol. The molecule has 3 nitrogen and oxygen atoms in total. The number of aromatic nitrogens is 1. The maximum Gasteiger partial charge on any atom is 0.132 e. The van der Waals surface area contributed by atoms with Crippen molar-refractivity contribution in [2.45, 2.75) is 26.2 Å². The fourth-order valence-corrected chi connectivity index (χ4v) is 1.91. The number of nitrogens with two attached hydrogens (primary N) is 1. The lowest BCUT2D eigenvalue weighted by Crippen LogP contribution is -2.13. The van der Waals surface area contributed by atoms with Gasteiger partial charge in [-0.1, -0.05) is 45.0 Å². The highest BCUT2D eigenvalue weighted by atomic mass is 15.0. The quantitative estimate of drug-likeness (QED) is 0.842. The van der Waals surface area contributed by atoms with Crippen molar-refractivity contribution in [3.8, 4) is 0 Å². The lowest BCUT2D eigenvalue weighted by Gasteiger charge is -2.23. The molecule has 0 atom stereocenters. The van der Waals surface area contributed by atoms with E-state index in [0.717, 1.165) is 11.5 Å². The summed E-state index contributed by atoms with van der Waals surface area (Å²) in [5, 5.41) is 3.33. The molecule has 1 aromatic carbocycles. The molecular weight excluding hydrogens is 222 g/mol. The molecule has 0 aliphatic rings. The van der Waals surface area contributed by atoms with Crippen LogP contribution in [0.3, 0.4) is 0 Å². The summed E-state index contributed by atoms with van der Waals surface area (Å²) in [7, 11) is 0. The minimum Gasteiger partial charge on any atom is -0.384 e. The van der Waals surface area contributed by atoms with Gasteiger partial charge in [0, 0.05) is 5.69 Å². The van der Waals surface area contributed by atoms with E-state index in [1.807, 2.05) is 18.2 Å². The van der Waals surface area contributed by atoms with Gasteiger partial charge in [0.25, 0.3) is 0 Å². The van der Waals surface area contributed by atoms with E-state index in [1.54, 1.807) is 6.07 Å². The SMILES string of the molecule is CC(C)(C)c1ccccc1Nc1cccc(N)n1. The second-order valence-electron chi connectivity index (χ2n) is 5.37. The van der Waals surface area contributed by atoms with E-state index in [4.69, 9.17) is 5.73 Å². The van der Waals surface area contributed by atoms with Crippen molar-refractivity contribution in [2.75, 3.05) is 11.1 Å². The van der Waals surface area contributed by atoms with Gasteiger partial charge in [0.1, 0.15) is 11.6 Å². The van der Waals surface area contributed by atoms with Crippen LogP contribution in [0.4, 0.5) is 17.3 Å². The Morgan fingerprint density at radius 3 is 2.39 bits per heavy atom. The highest BCUT2D eigenvalue weighted by Gasteiger charge is 2.17. The van der Waals surface area contributed by atoms with Gasteiger partial charge in [0.2, 0.25) is 0 Å². The lowest BCUT2D eigenvalue weighted by atomic mass is 9.86. The topological polar surface area (TPSA) is 50.9 Å². The summed E-state index contributed by atoms with van der Waals surface area (Å²) in [6, 6.07) is 13.9. The van der Waals surface area contributed by atoms with Crippen LogP contribution in [0, 0.1) is 0 Å². The van der Waals surface area contributed by atoms with Gasteiger partial charge in [-0.15, -0.1) is 0 Å². The Balaban J connectivity index is 2.35. The summed E-state index contributed by atoms with van der Waals surface area (Å²) in [4.78, 5) is 4.26. The summed E-state index contributed by atoms with van der Waals surface area (Å²) in [5.41, 5.74) is 8.10. The van der Waals surface area contributed by atoms with Gasteiger partial charge in [-0.25, -0.2) is 4.98 Å². The molecule has 0 fully saturated rings. The van der Waals surface area contributed by atoms with Crippen LogP contribution >= 0.6 is 0 Å². The first-order chi connectivity index (χ1) is 8.47. The first kappa shape index (κ1) is 12.4. The molecule has 3 heteroatoms. The number of rotatable bonds is 2. The number of benzene rings is 1. The average Bonchev–Trinajstić information content (AvgIpc) is 2.28. The fourth-order valence-electron chi connectivity index (χ4n) is 1.91. The highest BCUT2D eigenvalue weighted by molar-refractivity contribution is 5.63. The predicted octanol–water partition coefficient (Wildman–Crippen LogP) is 3.70. The first-order valence-electron chi connectivity index (χ1n) is 6.06. The van der Waals surface area contributed by atoms with E-state index in [1.165, 1.54) is 5.56 Å². The molecule has 3 N–H and O–H groups in total. The third kappa shape index (κ3) is 2.80. The normalized spacial score (nSPS) is 11.3. The van der Waals surface area contributed by atoms with Crippen LogP contribution in [0.15, 0.2) is 42.5 Å². The zero-order valence-electron chi connectivity index (χ0n) is 11.1. The Bertz CT molecular complexity index is 541.